The predicted molar refractivity (Wildman–Crippen MR) is 105 cm³/mol. The van der Waals surface area contributed by atoms with Crippen LogP contribution in [-0.4, -0.2) is 10.2 Å². The van der Waals surface area contributed by atoms with Crippen molar-refractivity contribution in [3.63, 3.8) is 0 Å². The predicted octanol–water partition coefficient (Wildman–Crippen LogP) is 5.34. The monoisotopic (exact) mass is 344 g/mol. The van der Waals surface area contributed by atoms with Gasteiger partial charge in [-0.05, 0) is 84.2 Å². The SMILES string of the molecule is Cc1cc(O)ccc1CC1CCc2cc(O)ccc2C1c1ccccc1. The van der Waals surface area contributed by atoms with Crippen molar-refractivity contribution in [3.8, 4) is 11.5 Å². The largest absolute Gasteiger partial charge is 0.508 e. The number of phenolic OH excluding ortho intramolecular Hbond substituents is 2. The Morgan fingerprint density at radius 1 is 0.885 bits per heavy atom. The number of aromatic hydroxyl groups is 2. The molecule has 2 nitrogen and oxygen atoms in total. The summed E-state index contributed by atoms with van der Waals surface area (Å²) in [5.74, 6) is 1.50. The molecule has 4 rings (SSSR count). The fourth-order valence-corrected chi connectivity index (χ4v) is 4.40. The molecule has 132 valence electrons. The lowest BCUT2D eigenvalue weighted by atomic mass is 9.69. The summed E-state index contributed by atoms with van der Waals surface area (Å²) in [4.78, 5) is 0. The molecular formula is C24H24O2. The Balaban J connectivity index is 1.74. The van der Waals surface area contributed by atoms with Gasteiger partial charge in [-0.1, -0.05) is 42.5 Å². The first kappa shape index (κ1) is 16.7. The molecule has 1 aliphatic rings. The lowest BCUT2D eigenvalue weighted by molar-refractivity contribution is 0.403. The molecular weight excluding hydrogens is 320 g/mol. The summed E-state index contributed by atoms with van der Waals surface area (Å²) in [6.45, 7) is 2.07. The molecule has 0 spiro atoms. The number of phenols is 2. The van der Waals surface area contributed by atoms with Crippen LogP contribution < -0.4 is 0 Å². The maximum atomic E-state index is 9.88. The van der Waals surface area contributed by atoms with Gasteiger partial charge < -0.3 is 10.2 Å². The van der Waals surface area contributed by atoms with Gasteiger partial charge in [0.1, 0.15) is 11.5 Å². The van der Waals surface area contributed by atoms with Crippen LogP contribution in [0.2, 0.25) is 0 Å². The van der Waals surface area contributed by atoms with Gasteiger partial charge in [-0.25, -0.2) is 0 Å². The Kier molecular flexibility index (Phi) is 4.42. The second kappa shape index (κ2) is 6.87. The second-order valence-corrected chi connectivity index (χ2v) is 7.39. The quantitative estimate of drug-likeness (QED) is 0.673. The molecule has 3 aromatic rings. The standard InChI is InChI=1S/C24H24O2/c1-16-13-21(25)10-9-18(16)14-20-8-7-19-15-22(26)11-12-23(19)24(20)17-5-3-2-4-6-17/h2-6,9-13,15,20,24-26H,7-8,14H2,1H3. The minimum absolute atomic E-state index is 0.328. The topological polar surface area (TPSA) is 40.5 Å². The summed E-state index contributed by atoms with van der Waals surface area (Å²) in [5.41, 5.74) is 6.38. The fraction of sp³-hybridized carbons (Fsp3) is 0.250. The third-order valence-corrected chi connectivity index (χ3v) is 5.68. The molecule has 0 saturated heterocycles. The third kappa shape index (κ3) is 3.20. The van der Waals surface area contributed by atoms with Crippen LogP contribution in [0.5, 0.6) is 11.5 Å². The molecule has 2 unspecified atom stereocenters. The van der Waals surface area contributed by atoms with E-state index in [9.17, 15) is 10.2 Å². The van der Waals surface area contributed by atoms with E-state index >= 15 is 0 Å². The molecule has 3 aromatic carbocycles. The normalized spacial score (nSPS) is 19.1. The van der Waals surface area contributed by atoms with Crippen molar-refractivity contribution < 1.29 is 10.2 Å². The van der Waals surface area contributed by atoms with Gasteiger partial charge in [0, 0.05) is 5.92 Å². The highest BCUT2D eigenvalue weighted by Gasteiger charge is 2.31. The average molecular weight is 344 g/mol. The zero-order valence-electron chi connectivity index (χ0n) is 15.0. The van der Waals surface area contributed by atoms with E-state index in [-0.39, 0.29) is 0 Å². The highest BCUT2D eigenvalue weighted by atomic mass is 16.3. The molecule has 1 aliphatic carbocycles. The molecule has 0 aromatic heterocycles. The Labute approximate surface area is 154 Å². The second-order valence-electron chi connectivity index (χ2n) is 7.39. The first-order valence-corrected chi connectivity index (χ1v) is 9.27. The van der Waals surface area contributed by atoms with Gasteiger partial charge >= 0.3 is 0 Å². The number of hydrogen-bond acceptors (Lipinski definition) is 2. The fourth-order valence-electron chi connectivity index (χ4n) is 4.40. The van der Waals surface area contributed by atoms with Crippen LogP contribution in [-0.2, 0) is 12.8 Å². The van der Waals surface area contributed by atoms with Crippen LogP contribution in [0.3, 0.4) is 0 Å². The Hall–Kier alpha value is -2.74. The maximum absolute atomic E-state index is 9.88. The van der Waals surface area contributed by atoms with Crippen molar-refractivity contribution in [2.75, 3.05) is 0 Å². The zero-order valence-corrected chi connectivity index (χ0v) is 15.0. The summed E-state index contributed by atoms with van der Waals surface area (Å²) >= 11 is 0. The van der Waals surface area contributed by atoms with Gasteiger partial charge in [-0.2, -0.15) is 0 Å². The van der Waals surface area contributed by atoms with Crippen molar-refractivity contribution in [1.82, 2.24) is 0 Å². The maximum Gasteiger partial charge on any atom is 0.115 e. The summed E-state index contributed by atoms with van der Waals surface area (Å²) in [7, 11) is 0. The van der Waals surface area contributed by atoms with E-state index in [4.69, 9.17) is 0 Å². The summed E-state index contributed by atoms with van der Waals surface area (Å²) in [6, 6.07) is 22.2. The molecule has 0 amide bonds. The van der Waals surface area contributed by atoms with Crippen LogP contribution in [0, 0.1) is 12.8 Å². The van der Waals surface area contributed by atoms with Crippen LogP contribution >= 0.6 is 0 Å². The Bertz CT molecular complexity index is 915. The lowest BCUT2D eigenvalue weighted by Crippen LogP contribution is -2.24. The minimum Gasteiger partial charge on any atom is -0.508 e. The van der Waals surface area contributed by atoms with Gasteiger partial charge in [-0.15, -0.1) is 0 Å². The molecule has 0 fully saturated rings. The highest BCUT2D eigenvalue weighted by molar-refractivity contribution is 5.45. The average Bonchev–Trinajstić information content (AvgIpc) is 2.64. The van der Waals surface area contributed by atoms with Crippen LogP contribution in [0.25, 0.3) is 0 Å². The molecule has 2 N–H and O–H groups in total. The van der Waals surface area contributed by atoms with Crippen molar-refractivity contribution in [1.29, 1.82) is 0 Å². The van der Waals surface area contributed by atoms with Gasteiger partial charge in [0.2, 0.25) is 0 Å². The smallest absolute Gasteiger partial charge is 0.115 e. The number of fused-ring (bicyclic) bond motifs is 1. The molecule has 0 radical (unpaired) electrons. The number of hydrogen-bond donors (Lipinski definition) is 2. The lowest BCUT2D eigenvalue weighted by Gasteiger charge is -2.35. The van der Waals surface area contributed by atoms with Gasteiger partial charge in [0.05, 0.1) is 0 Å². The Morgan fingerprint density at radius 2 is 1.62 bits per heavy atom. The van der Waals surface area contributed by atoms with E-state index in [1.165, 1.54) is 22.3 Å². The molecule has 26 heavy (non-hydrogen) atoms. The van der Waals surface area contributed by atoms with Crippen LogP contribution in [0.4, 0.5) is 0 Å². The van der Waals surface area contributed by atoms with Gasteiger partial charge in [0.25, 0.3) is 0 Å². The van der Waals surface area contributed by atoms with E-state index in [1.807, 2.05) is 18.2 Å². The first-order valence-electron chi connectivity index (χ1n) is 9.27. The number of aryl methyl sites for hydroxylation is 2. The summed E-state index contributed by atoms with van der Waals surface area (Å²) in [5, 5.41) is 19.6. The Morgan fingerprint density at radius 3 is 2.38 bits per heavy atom. The summed E-state index contributed by atoms with van der Waals surface area (Å²) < 4.78 is 0. The van der Waals surface area contributed by atoms with Crippen molar-refractivity contribution in [2.45, 2.75) is 32.1 Å². The first-order chi connectivity index (χ1) is 12.6. The van der Waals surface area contributed by atoms with Crippen molar-refractivity contribution in [2.24, 2.45) is 5.92 Å². The van der Waals surface area contributed by atoms with Gasteiger partial charge in [-0.3, -0.25) is 0 Å². The molecule has 0 aliphatic heterocycles. The van der Waals surface area contributed by atoms with E-state index in [2.05, 4.69) is 49.4 Å². The summed E-state index contributed by atoms with van der Waals surface area (Å²) in [6.07, 6.45) is 3.08. The van der Waals surface area contributed by atoms with E-state index < -0.39 is 0 Å². The van der Waals surface area contributed by atoms with Crippen LogP contribution in [0.15, 0.2) is 66.7 Å². The van der Waals surface area contributed by atoms with Crippen molar-refractivity contribution >= 4 is 0 Å². The molecule has 2 heteroatoms. The molecule has 0 heterocycles. The van der Waals surface area contributed by atoms with Crippen LogP contribution in [0.1, 0.15) is 40.2 Å². The molecule has 0 saturated carbocycles. The minimum atomic E-state index is 0.328. The molecule has 2 atom stereocenters. The van der Waals surface area contributed by atoms with E-state index in [0.29, 0.717) is 23.3 Å². The van der Waals surface area contributed by atoms with Crippen molar-refractivity contribution in [3.05, 3.63) is 94.5 Å². The number of benzene rings is 3. The zero-order chi connectivity index (χ0) is 18.1. The highest BCUT2D eigenvalue weighted by Crippen LogP contribution is 2.43. The van der Waals surface area contributed by atoms with Gasteiger partial charge in [0.15, 0.2) is 0 Å². The molecule has 0 bridgehead atoms. The number of rotatable bonds is 3. The van der Waals surface area contributed by atoms with E-state index in [1.54, 1.807) is 6.07 Å². The third-order valence-electron chi connectivity index (χ3n) is 5.68. The van der Waals surface area contributed by atoms with E-state index in [0.717, 1.165) is 24.8 Å².